The molecular weight excluding hydrogens is 144 g/mol. The smallest absolute Gasteiger partial charge is 0.132 e. The van der Waals surface area contributed by atoms with Crippen molar-refractivity contribution < 1.29 is 0 Å². The first-order valence-corrected chi connectivity index (χ1v) is 3.82. The van der Waals surface area contributed by atoms with Gasteiger partial charge in [0, 0.05) is 0 Å². The van der Waals surface area contributed by atoms with Crippen LogP contribution >= 0.6 is 11.3 Å². The summed E-state index contributed by atoms with van der Waals surface area (Å²) in [4.78, 5) is 0. The van der Waals surface area contributed by atoms with E-state index in [1.807, 2.05) is 13.8 Å². The molecule has 0 saturated carbocycles. The summed E-state index contributed by atoms with van der Waals surface area (Å²) in [5, 5.41) is 9.67. The van der Waals surface area contributed by atoms with E-state index >= 15 is 0 Å². The Bertz CT molecular complexity index is 259. The monoisotopic (exact) mass is 152 g/mol. The molecule has 0 aliphatic heterocycles. The van der Waals surface area contributed by atoms with Gasteiger partial charge in [-0.05, 0) is 13.8 Å². The van der Waals surface area contributed by atoms with E-state index in [2.05, 4.69) is 16.1 Å². The zero-order valence-electron chi connectivity index (χ0n) is 5.96. The minimum absolute atomic E-state index is 0.103. The fourth-order valence-corrected chi connectivity index (χ4v) is 1.27. The predicted molar refractivity (Wildman–Crippen MR) is 41.9 cm³/mol. The highest BCUT2D eigenvalue weighted by Gasteiger charge is 2.05. The second-order valence-corrected chi connectivity index (χ2v) is 3.26. The van der Waals surface area contributed by atoms with Crippen LogP contribution in [-0.4, -0.2) is 10.2 Å². The molecule has 0 N–H and O–H groups in total. The van der Waals surface area contributed by atoms with Crippen LogP contribution in [0.4, 0.5) is 0 Å². The number of hydrogen-bond donors (Lipinski definition) is 0. The fourth-order valence-electron chi connectivity index (χ4n) is 0.558. The number of nitrogens with zero attached hydrogens (tertiary/aromatic N) is 2. The van der Waals surface area contributed by atoms with E-state index in [9.17, 15) is 0 Å². The average Bonchev–Trinajstić information content (AvgIpc) is 2.34. The van der Waals surface area contributed by atoms with E-state index in [0.29, 0.717) is 0 Å². The van der Waals surface area contributed by atoms with Gasteiger partial charge >= 0.3 is 0 Å². The highest BCUT2D eigenvalue weighted by Crippen LogP contribution is 2.17. The second-order valence-electron chi connectivity index (χ2n) is 2.05. The minimum atomic E-state index is 0.103. The summed E-state index contributed by atoms with van der Waals surface area (Å²) in [7, 11) is 0. The topological polar surface area (TPSA) is 25.8 Å². The lowest BCUT2D eigenvalue weighted by Crippen LogP contribution is -1.86. The first-order chi connectivity index (χ1) is 4.74. The van der Waals surface area contributed by atoms with Crippen molar-refractivity contribution in [1.82, 2.24) is 10.2 Å². The highest BCUT2D eigenvalue weighted by molar-refractivity contribution is 7.11. The Kier molecular flexibility index (Phi) is 2.03. The molecule has 1 rings (SSSR count). The standard InChI is InChI=1S/C7H8N2S/c1-4-5(2)7-9-8-6(3)10-7/h1,5H,2-3H3/t5-/m1/s1. The Morgan fingerprint density at radius 2 is 2.30 bits per heavy atom. The van der Waals surface area contributed by atoms with E-state index < -0.39 is 0 Å². The van der Waals surface area contributed by atoms with Crippen LogP contribution in [0.15, 0.2) is 0 Å². The molecule has 1 heterocycles. The van der Waals surface area contributed by atoms with Crippen molar-refractivity contribution in [2.24, 2.45) is 0 Å². The van der Waals surface area contributed by atoms with Crippen LogP contribution in [0.5, 0.6) is 0 Å². The van der Waals surface area contributed by atoms with E-state index in [1.54, 1.807) is 11.3 Å². The third-order valence-corrected chi connectivity index (χ3v) is 2.18. The van der Waals surface area contributed by atoms with Crippen LogP contribution in [0.2, 0.25) is 0 Å². The van der Waals surface area contributed by atoms with Crippen molar-refractivity contribution >= 4 is 11.3 Å². The van der Waals surface area contributed by atoms with Gasteiger partial charge in [-0.3, -0.25) is 0 Å². The molecule has 0 aliphatic carbocycles. The molecule has 0 bridgehead atoms. The summed E-state index contributed by atoms with van der Waals surface area (Å²) in [5.41, 5.74) is 0. The first-order valence-electron chi connectivity index (χ1n) is 3.00. The SMILES string of the molecule is C#C[C@@H](C)c1nnc(C)s1. The molecule has 0 amide bonds. The first kappa shape index (κ1) is 7.23. The zero-order chi connectivity index (χ0) is 7.56. The lowest BCUT2D eigenvalue weighted by atomic mass is 10.2. The summed E-state index contributed by atoms with van der Waals surface area (Å²) >= 11 is 1.56. The molecule has 3 heteroatoms. The van der Waals surface area contributed by atoms with Crippen LogP contribution in [0.1, 0.15) is 22.9 Å². The summed E-state index contributed by atoms with van der Waals surface area (Å²) in [6.07, 6.45) is 5.20. The van der Waals surface area contributed by atoms with Gasteiger partial charge in [0.2, 0.25) is 0 Å². The Morgan fingerprint density at radius 1 is 1.60 bits per heavy atom. The summed E-state index contributed by atoms with van der Waals surface area (Å²) in [5.74, 6) is 2.71. The molecule has 1 atom stereocenters. The van der Waals surface area contributed by atoms with Gasteiger partial charge in [0.25, 0.3) is 0 Å². The number of aryl methyl sites for hydroxylation is 1. The maximum Gasteiger partial charge on any atom is 0.132 e. The molecule has 0 aromatic carbocycles. The van der Waals surface area contributed by atoms with Crippen molar-refractivity contribution in [2.45, 2.75) is 19.8 Å². The normalized spacial score (nSPS) is 12.5. The van der Waals surface area contributed by atoms with Crippen LogP contribution < -0.4 is 0 Å². The Labute approximate surface area is 64.3 Å². The lowest BCUT2D eigenvalue weighted by Gasteiger charge is -1.92. The molecule has 10 heavy (non-hydrogen) atoms. The van der Waals surface area contributed by atoms with Gasteiger partial charge in [0.1, 0.15) is 10.0 Å². The van der Waals surface area contributed by atoms with Gasteiger partial charge in [-0.15, -0.1) is 28.0 Å². The zero-order valence-corrected chi connectivity index (χ0v) is 6.77. The van der Waals surface area contributed by atoms with E-state index in [1.165, 1.54) is 0 Å². The van der Waals surface area contributed by atoms with Crippen molar-refractivity contribution in [3.05, 3.63) is 10.0 Å². The van der Waals surface area contributed by atoms with Gasteiger partial charge in [0.15, 0.2) is 0 Å². The molecule has 0 radical (unpaired) electrons. The van der Waals surface area contributed by atoms with Crippen LogP contribution in [-0.2, 0) is 0 Å². The van der Waals surface area contributed by atoms with Crippen molar-refractivity contribution in [2.75, 3.05) is 0 Å². The minimum Gasteiger partial charge on any atom is -0.144 e. The van der Waals surface area contributed by atoms with Crippen molar-refractivity contribution in [3.8, 4) is 12.3 Å². The van der Waals surface area contributed by atoms with Gasteiger partial charge in [-0.25, -0.2) is 0 Å². The Morgan fingerprint density at radius 3 is 2.70 bits per heavy atom. The second kappa shape index (κ2) is 2.80. The maximum atomic E-state index is 5.20. The number of rotatable bonds is 1. The summed E-state index contributed by atoms with van der Waals surface area (Å²) < 4.78 is 0. The molecule has 0 aliphatic rings. The summed E-state index contributed by atoms with van der Waals surface area (Å²) in [6, 6.07) is 0. The maximum absolute atomic E-state index is 5.20. The number of terminal acetylenes is 1. The molecule has 0 unspecified atom stereocenters. The fraction of sp³-hybridized carbons (Fsp3) is 0.429. The quantitative estimate of drug-likeness (QED) is 0.571. The largest absolute Gasteiger partial charge is 0.144 e. The van der Waals surface area contributed by atoms with Gasteiger partial charge in [-0.2, -0.15) is 0 Å². The molecular formula is C7H8N2S. The highest BCUT2D eigenvalue weighted by atomic mass is 32.1. The van der Waals surface area contributed by atoms with Crippen molar-refractivity contribution in [3.63, 3.8) is 0 Å². The van der Waals surface area contributed by atoms with Gasteiger partial charge < -0.3 is 0 Å². The van der Waals surface area contributed by atoms with Gasteiger partial charge in [0.05, 0.1) is 5.92 Å². The number of aromatic nitrogens is 2. The summed E-state index contributed by atoms with van der Waals surface area (Å²) in [6.45, 7) is 3.87. The molecule has 0 spiro atoms. The van der Waals surface area contributed by atoms with E-state index in [0.717, 1.165) is 10.0 Å². The third kappa shape index (κ3) is 1.34. The molecule has 2 nitrogen and oxygen atoms in total. The molecule has 52 valence electrons. The molecule has 0 fully saturated rings. The van der Waals surface area contributed by atoms with Crippen molar-refractivity contribution in [1.29, 1.82) is 0 Å². The van der Waals surface area contributed by atoms with Crippen LogP contribution in [0.3, 0.4) is 0 Å². The molecule has 0 saturated heterocycles. The third-order valence-electron chi connectivity index (χ3n) is 1.16. The lowest BCUT2D eigenvalue weighted by molar-refractivity contribution is 0.911. The predicted octanol–water partition coefficient (Wildman–Crippen LogP) is 1.58. The molecule has 1 aromatic heterocycles. The average molecular weight is 152 g/mol. The Balaban J connectivity index is 2.87. The van der Waals surface area contributed by atoms with Crippen LogP contribution in [0.25, 0.3) is 0 Å². The Hall–Kier alpha value is -0.880. The van der Waals surface area contributed by atoms with E-state index in [-0.39, 0.29) is 5.92 Å². The van der Waals surface area contributed by atoms with Crippen LogP contribution in [0, 0.1) is 19.3 Å². The van der Waals surface area contributed by atoms with Gasteiger partial charge in [-0.1, -0.05) is 5.92 Å². The number of hydrogen-bond acceptors (Lipinski definition) is 3. The molecule has 1 aromatic rings. The van der Waals surface area contributed by atoms with E-state index in [4.69, 9.17) is 6.42 Å².